The van der Waals surface area contributed by atoms with Crippen LogP contribution in [0.4, 0.5) is 0 Å². The lowest BCUT2D eigenvalue weighted by Gasteiger charge is -2.38. The Balaban J connectivity index is 1.64. The summed E-state index contributed by atoms with van der Waals surface area (Å²) in [6.07, 6.45) is 2.69. The molecule has 1 aromatic heterocycles. The second-order valence-corrected chi connectivity index (χ2v) is 9.53. The van der Waals surface area contributed by atoms with Gasteiger partial charge < -0.3 is 19.4 Å². The molecule has 7 nitrogen and oxygen atoms in total. The number of hydrogen-bond donors (Lipinski definition) is 1. The average molecular weight is 428 g/mol. The fourth-order valence-corrected chi connectivity index (χ4v) is 5.23. The molecule has 4 rings (SSSR count). The number of Topliss-reactive ketones (excluding diaryl/α,β-unsaturated/α-hetero) is 1. The van der Waals surface area contributed by atoms with Crippen molar-refractivity contribution in [3.8, 4) is 6.07 Å². The van der Waals surface area contributed by atoms with Gasteiger partial charge in [-0.15, -0.1) is 0 Å². The maximum atomic E-state index is 13.0. The Morgan fingerprint density at radius 1 is 1.37 bits per heavy atom. The molecule has 1 aliphatic carbocycles. The number of thioether (sulfide) groups is 1. The molecule has 0 spiro atoms. The van der Waals surface area contributed by atoms with E-state index in [1.807, 2.05) is 0 Å². The number of nitrogens with one attached hydrogen (secondary N) is 1. The quantitative estimate of drug-likeness (QED) is 0.789. The minimum Gasteiger partial charge on any atom is -0.468 e. The summed E-state index contributed by atoms with van der Waals surface area (Å²) in [4.78, 5) is 27.4. The molecular weight excluding hydrogens is 402 g/mol. The number of morpholine rings is 1. The highest BCUT2D eigenvalue weighted by atomic mass is 32.2. The van der Waals surface area contributed by atoms with Gasteiger partial charge in [-0.1, -0.05) is 25.6 Å². The third kappa shape index (κ3) is 4.05. The lowest BCUT2D eigenvalue weighted by molar-refractivity contribution is -0.132. The van der Waals surface area contributed by atoms with Crippen molar-refractivity contribution in [1.82, 2.24) is 10.2 Å². The predicted octanol–water partition coefficient (Wildman–Crippen LogP) is 2.94. The van der Waals surface area contributed by atoms with Gasteiger partial charge in [-0.3, -0.25) is 9.59 Å². The highest BCUT2D eigenvalue weighted by molar-refractivity contribution is 8.03. The van der Waals surface area contributed by atoms with Gasteiger partial charge in [-0.25, -0.2) is 0 Å². The van der Waals surface area contributed by atoms with Crippen molar-refractivity contribution >= 4 is 23.5 Å². The van der Waals surface area contributed by atoms with Crippen LogP contribution in [0.15, 0.2) is 44.7 Å². The van der Waals surface area contributed by atoms with Crippen LogP contribution < -0.4 is 5.32 Å². The lowest BCUT2D eigenvalue weighted by Crippen LogP contribution is -2.42. The van der Waals surface area contributed by atoms with Crippen molar-refractivity contribution in [2.24, 2.45) is 5.41 Å². The van der Waals surface area contributed by atoms with Crippen molar-refractivity contribution in [3.63, 3.8) is 0 Å². The first-order valence-corrected chi connectivity index (χ1v) is 11.1. The number of allylic oxidation sites excluding steroid dienone is 3. The van der Waals surface area contributed by atoms with Gasteiger partial charge in [0.1, 0.15) is 5.76 Å². The van der Waals surface area contributed by atoms with Crippen molar-refractivity contribution in [2.45, 2.75) is 32.6 Å². The van der Waals surface area contributed by atoms with Gasteiger partial charge in [0.2, 0.25) is 5.91 Å². The smallest absolute Gasteiger partial charge is 0.233 e. The molecule has 1 saturated heterocycles. The van der Waals surface area contributed by atoms with E-state index in [0.29, 0.717) is 61.1 Å². The Morgan fingerprint density at radius 3 is 2.80 bits per heavy atom. The molecule has 30 heavy (non-hydrogen) atoms. The van der Waals surface area contributed by atoms with Crippen molar-refractivity contribution < 1.29 is 18.7 Å². The summed E-state index contributed by atoms with van der Waals surface area (Å²) in [7, 11) is 0. The molecule has 158 valence electrons. The Hall–Kier alpha value is -2.50. The number of ketones is 1. The maximum Gasteiger partial charge on any atom is 0.233 e. The normalized spacial score (nSPS) is 23.7. The van der Waals surface area contributed by atoms with Crippen LogP contribution in [0.1, 0.15) is 38.4 Å². The molecule has 1 unspecified atom stereocenters. The third-order valence-electron chi connectivity index (χ3n) is 5.66. The van der Waals surface area contributed by atoms with E-state index in [-0.39, 0.29) is 22.9 Å². The summed E-state index contributed by atoms with van der Waals surface area (Å²) in [5, 5.41) is 13.9. The number of amides is 1. The molecule has 1 amide bonds. The topological polar surface area (TPSA) is 95.6 Å². The van der Waals surface area contributed by atoms with Gasteiger partial charge in [0.25, 0.3) is 0 Å². The molecule has 2 aliphatic heterocycles. The Morgan fingerprint density at radius 2 is 2.13 bits per heavy atom. The van der Waals surface area contributed by atoms with E-state index in [0.717, 1.165) is 5.70 Å². The van der Waals surface area contributed by atoms with E-state index < -0.39 is 5.92 Å². The van der Waals surface area contributed by atoms with Gasteiger partial charge in [0.15, 0.2) is 5.78 Å². The standard InChI is InChI=1S/C22H25N3O4S/c1-22(2)10-15-20(16(26)11-22)19(17-4-3-7-29-17)14(12-23)21(24-15)30-13-18(27)25-5-8-28-9-6-25/h3-4,7,19,24H,5-6,8-11,13H2,1-2H3. The predicted molar refractivity (Wildman–Crippen MR) is 112 cm³/mol. The molecule has 1 fully saturated rings. The zero-order valence-electron chi connectivity index (χ0n) is 17.2. The van der Waals surface area contributed by atoms with E-state index in [1.54, 1.807) is 23.3 Å². The van der Waals surface area contributed by atoms with E-state index in [2.05, 4.69) is 25.2 Å². The monoisotopic (exact) mass is 427 g/mol. The summed E-state index contributed by atoms with van der Waals surface area (Å²) in [5.74, 6) is 0.316. The lowest BCUT2D eigenvalue weighted by atomic mass is 9.70. The van der Waals surface area contributed by atoms with Crippen LogP contribution in [0, 0.1) is 16.7 Å². The average Bonchev–Trinajstić information content (AvgIpc) is 3.25. The molecule has 1 atom stereocenters. The minimum absolute atomic E-state index is 0.0178. The summed E-state index contributed by atoms with van der Waals surface area (Å²) >= 11 is 1.32. The number of carbonyl (C=O) groups is 2. The molecule has 0 aromatic carbocycles. The SMILES string of the molecule is CC1(C)CC(=O)C2=C(C1)NC(SCC(=O)N1CCOCC1)=C(C#N)C2c1ccco1. The highest BCUT2D eigenvalue weighted by Gasteiger charge is 2.43. The number of nitriles is 1. The first-order chi connectivity index (χ1) is 14.4. The number of dihydropyridines is 1. The van der Waals surface area contributed by atoms with Gasteiger partial charge in [-0.2, -0.15) is 5.26 Å². The molecule has 0 saturated carbocycles. The number of nitrogens with zero attached hydrogens (tertiary/aromatic N) is 2. The molecule has 3 aliphatic rings. The second kappa shape index (κ2) is 8.32. The molecule has 0 radical (unpaired) electrons. The van der Waals surface area contributed by atoms with E-state index in [9.17, 15) is 14.9 Å². The summed E-state index contributed by atoms with van der Waals surface area (Å²) in [5.41, 5.74) is 1.71. The van der Waals surface area contributed by atoms with Crippen LogP contribution >= 0.6 is 11.8 Å². The number of ether oxygens (including phenoxy) is 1. The van der Waals surface area contributed by atoms with Crippen molar-refractivity contribution in [2.75, 3.05) is 32.1 Å². The molecule has 1 N–H and O–H groups in total. The van der Waals surface area contributed by atoms with Crippen LogP contribution in [0.3, 0.4) is 0 Å². The van der Waals surface area contributed by atoms with Crippen LogP contribution in [0.25, 0.3) is 0 Å². The largest absolute Gasteiger partial charge is 0.468 e. The zero-order chi connectivity index (χ0) is 21.3. The Bertz CT molecular complexity index is 950. The first-order valence-electron chi connectivity index (χ1n) is 10.1. The fraction of sp³-hybridized carbons (Fsp3) is 0.500. The van der Waals surface area contributed by atoms with Gasteiger partial charge >= 0.3 is 0 Å². The summed E-state index contributed by atoms with van der Waals surface area (Å²) < 4.78 is 10.9. The molecule has 1 aromatic rings. The highest BCUT2D eigenvalue weighted by Crippen LogP contribution is 2.47. The second-order valence-electron chi connectivity index (χ2n) is 8.54. The molecule has 8 heteroatoms. The number of carbonyl (C=O) groups excluding carboxylic acids is 2. The van der Waals surface area contributed by atoms with Gasteiger partial charge in [0.05, 0.1) is 47.8 Å². The zero-order valence-corrected chi connectivity index (χ0v) is 18.0. The number of rotatable bonds is 4. The first kappa shape index (κ1) is 20.8. The Labute approximate surface area is 180 Å². The van der Waals surface area contributed by atoms with Gasteiger partial charge in [-0.05, 0) is 24.0 Å². The van der Waals surface area contributed by atoms with E-state index in [1.165, 1.54) is 11.8 Å². The molecule has 0 bridgehead atoms. The van der Waals surface area contributed by atoms with Gasteiger partial charge in [0, 0.05) is 30.8 Å². The van der Waals surface area contributed by atoms with Crippen molar-refractivity contribution in [1.29, 1.82) is 5.26 Å². The fourth-order valence-electron chi connectivity index (χ4n) is 4.27. The maximum absolute atomic E-state index is 13.0. The summed E-state index contributed by atoms with van der Waals surface area (Å²) in [6, 6.07) is 5.84. The Kier molecular flexibility index (Phi) is 5.76. The number of furan rings is 1. The van der Waals surface area contributed by atoms with Crippen LogP contribution in [0.5, 0.6) is 0 Å². The molecule has 3 heterocycles. The third-order valence-corrected chi connectivity index (χ3v) is 6.66. The van der Waals surface area contributed by atoms with E-state index >= 15 is 0 Å². The van der Waals surface area contributed by atoms with Crippen LogP contribution in [-0.4, -0.2) is 48.6 Å². The number of hydrogen-bond acceptors (Lipinski definition) is 7. The van der Waals surface area contributed by atoms with E-state index in [4.69, 9.17) is 9.15 Å². The molecular formula is C22H25N3O4S. The van der Waals surface area contributed by atoms with Crippen LogP contribution in [0.2, 0.25) is 0 Å². The van der Waals surface area contributed by atoms with Crippen LogP contribution in [-0.2, 0) is 14.3 Å². The summed E-state index contributed by atoms with van der Waals surface area (Å²) in [6.45, 7) is 6.41. The van der Waals surface area contributed by atoms with Crippen molar-refractivity contribution in [3.05, 3.63) is 46.0 Å². The minimum atomic E-state index is -0.536.